The molecule has 0 bridgehead atoms. The molecule has 0 radical (unpaired) electrons. The van der Waals surface area contributed by atoms with Gasteiger partial charge in [0.15, 0.2) is 0 Å². The maximum Gasteiger partial charge on any atom is 0.270 e. The fraction of sp³-hybridized carbons (Fsp3) is 0.0909. The summed E-state index contributed by atoms with van der Waals surface area (Å²) in [4.78, 5) is 0. The molecule has 0 N–H and O–H groups in total. The van der Waals surface area contributed by atoms with Gasteiger partial charge in [0.1, 0.15) is 5.75 Å². The predicted octanol–water partition coefficient (Wildman–Crippen LogP) is 3.49. The Bertz CT molecular complexity index is 352. The van der Waals surface area contributed by atoms with Crippen LogP contribution in [0.4, 0.5) is 8.78 Å². The van der Waals surface area contributed by atoms with E-state index in [-0.39, 0.29) is 0 Å². The van der Waals surface area contributed by atoms with E-state index in [0.29, 0.717) is 5.75 Å². The van der Waals surface area contributed by atoms with Crippen LogP contribution in [0.2, 0.25) is 0 Å². The number of rotatable bonds is 3. The first-order valence-corrected chi connectivity index (χ1v) is 4.06. The molecule has 0 saturated heterocycles. The number of hydrogen-bond acceptors (Lipinski definition) is 1. The highest BCUT2D eigenvalue weighted by atomic mass is 19.3. The molecule has 0 aliphatic heterocycles. The van der Waals surface area contributed by atoms with Crippen molar-refractivity contribution in [2.45, 2.75) is 0 Å². The minimum absolute atomic E-state index is 0.663. The summed E-state index contributed by atoms with van der Waals surface area (Å²) in [6, 6.07) is 7.20. The maximum absolute atomic E-state index is 11.7. The van der Waals surface area contributed by atoms with Crippen LogP contribution in [0.25, 0.3) is 6.08 Å². The fourth-order valence-corrected chi connectivity index (χ4v) is 1.03. The number of para-hydroxylation sites is 1. The minimum Gasteiger partial charge on any atom is -0.496 e. The van der Waals surface area contributed by atoms with Gasteiger partial charge in [0.05, 0.1) is 7.11 Å². The molecule has 0 heterocycles. The predicted molar refractivity (Wildman–Crippen MR) is 52.3 cm³/mol. The maximum atomic E-state index is 11.7. The van der Waals surface area contributed by atoms with Gasteiger partial charge in [-0.25, -0.2) is 0 Å². The Hall–Kier alpha value is -1.64. The van der Waals surface area contributed by atoms with Crippen LogP contribution in [0.5, 0.6) is 5.75 Å². The second-order valence-electron chi connectivity index (χ2n) is 2.56. The summed E-state index contributed by atoms with van der Waals surface area (Å²) in [5.41, 5.74) is 0.771. The van der Waals surface area contributed by atoms with E-state index in [1.54, 1.807) is 18.2 Å². The lowest BCUT2D eigenvalue weighted by molar-refractivity contribution is 0.414. The topological polar surface area (TPSA) is 9.23 Å². The van der Waals surface area contributed by atoms with Crippen LogP contribution in [0, 0.1) is 0 Å². The van der Waals surface area contributed by atoms with Crippen LogP contribution in [-0.2, 0) is 0 Å². The van der Waals surface area contributed by atoms with E-state index in [4.69, 9.17) is 4.74 Å². The zero-order chi connectivity index (χ0) is 10.4. The summed E-state index contributed by atoms with van der Waals surface area (Å²) >= 11 is 0. The molecule has 0 spiro atoms. The lowest BCUT2D eigenvalue weighted by atomic mass is 10.2. The second-order valence-corrected chi connectivity index (χ2v) is 2.56. The molecule has 0 atom stereocenters. The molecule has 0 aliphatic rings. The molecule has 1 nitrogen and oxygen atoms in total. The lowest BCUT2D eigenvalue weighted by Crippen LogP contribution is -1.84. The van der Waals surface area contributed by atoms with Crippen LogP contribution in [-0.4, -0.2) is 7.11 Å². The standard InChI is InChI=1S/C11H10F2O/c1-14-10-7-3-2-5-9(10)6-4-8-11(12)13/h2-8H,1H3/b6-4+. The molecule has 74 valence electrons. The summed E-state index contributed by atoms with van der Waals surface area (Å²) in [5.74, 6) is 0.663. The van der Waals surface area contributed by atoms with E-state index in [0.717, 1.165) is 11.6 Å². The van der Waals surface area contributed by atoms with Crippen LogP contribution in [0.3, 0.4) is 0 Å². The highest BCUT2D eigenvalue weighted by molar-refractivity contribution is 5.58. The van der Waals surface area contributed by atoms with Gasteiger partial charge >= 0.3 is 0 Å². The molecular weight excluding hydrogens is 186 g/mol. The van der Waals surface area contributed by atoms with Gasteiger partial charge in [0.25, 0.3) is 6.08 Å². The van der Waals surface area contributed by atoms with Crippen molar-refractivity contribution in [2.75, 3.05) is 7.11 Å². The molecule has 0 amide bonds. The Morgan fingerprint density at radius 1 is 1.29 bits per heavy atom. The van der Waals surface area contributed by atoms with Gasteiger partial charge < -0.3 is 4.74 Å². The third-order valence-electron chi connectivity index (χ3n) is 1.64. The molecule has 0 unspecified atom stereocenters. The summed E-state index contributed by atoms with van der Waals surface area (Å²) in [7, 11) is 1.54. The van der Waals surface area contributed by atoms with Crippen molar-refractivity contribution >= 4 is 6.08 Å². The largest absolute Gasteiger partial charge is 0.496 e. The molecule has 0 fully saturated rings. The van der Waals surface area contributed by atoms with E-state index in [1.807, 2.05) is 12.1 Å². The number of methoxy groups -OCH3 is 1. The van der Waals surface area contributed by atoms with Crippen LogP contribution >= 0.6 is 0 Å². The van der Waals surface area contributed by atoms with Crippen molar-refractivity contribution in [3.8, 4) is 5.75 Å². The quantitative estimate of drug-likeness (QED) is 0.672. The normalized spacial score (nSPS) is 10.2. The van der Waals surface area contributed by atoms with E-state index < -0.39 is 6.08 Å². The first-order valence-electron chi connectivity index (χ1n) is 4.06. The minimum atomic E-state index is -1.71. The van der Waals surface area contributed by atoms with Crippen LogP contribution < -0.4 is 4.74 Å². The lowest BCUT2D eigenvalue weighted by Gasteiger charge is -2.02. The molecular formula is C11H10F2O. The number of benzene rings is 1. The molecule has 1 aromatic carbocycles. The van der Waals surface area contributed by atoms with E-state index in [2.05, 4.69) is 0 Å². The molecule has 3 heteroatoms. The van der Waals surface area contributed by atoms with Crippen LogP contribution in [0.15, 0.2) is 42.5 Å². The summed E-state index contributed by atoms with van der Waals surface area (Å²) in [6.07, 6.45) is 1.88. The second kappa shape index (κ2) is 5.17. The monoisotopic (exact) mass is 196 g/mol. The SMILES string of the molecule is COc1ccccc1/C=C/C=C(F)F. The zero-order valence-electron chi connectivity index (χ0n) is 7.71. The van der Waals surface area contributed by atoms with Gasteiger partial charge in [-0.3, -0.25) is 0 Å². The van der Waals surface area contributed by atoms with Crippen LogP contribution in [0.1, 0.15) is 5.56 Å². The van der Waals surface area contributed by atoms with Gasteiger partial charge in [0.2, 0.25) is 0 Å². The average molecular weight is 196 g/mol. The van der Waals surface area contributed by atoms with Crippen molar-refractivity contribution in [1.82, 2.24) is 0 Å². The third kappa shape index (κ3) is 3.01. The highest BCUT2D eigenvalue weighted by Crippen LogP contribution is 2.18. The first kappa shape index (κ1) is 10.4. The van der Waals surface area contributed by atoms with Gasteiger partial charge in [0, 0.05) is 11.6 Å². The van der Waals surface area contributed by atoms with E-state index >= 15 is 0 Å². The van der Waals surface area contributed by atoms with Gasteiger partial charge in [-0.05, 0) is 6.07 Å². The van der Waals surface area contributed by atoms with Crippen molar-refractivity contribution in [3.05, 3.63) is 48.1 Å². The summed E-state index contributed by atoms with van der Waals surface area (Å²) in [6.45, 7) is 0. The Morgan fingerprint density at radius 2 is 2.00 bits per heavy atom. The van der Waals surface area contributed by atoms with Crippen molar-refractivity contribution in [2.24, 2.45) is 0 Å². The van der Waals surface area contributed by atoms with E-state index in [1.165, 1.54) is 13.2 Å². The van der Waals surface area contributed by atoms with Gasteiger partial charge in [-0.2, -0.15) is 8.78 Å². The third-order valence-corrected chi connectivity index (χ3v) is 1.64. The molecule has 0 aromatic heterocycles. The molecule has 0 saturated carbocycles. The fourth-order valence-electron chi connectivity index (χ4n) is 1.03. The number of halogens is 2. The Balaban J connectivity index is 2.85. The summed E-state index contributed by atoms with van der Waals surface area (Å²) < 4.78 is 28.4. The van der Waals surface area contributed by atoms with E-state index in [9.17, 15) is 8.78 Å². The smallest absolute Gasteiger partial charge is 0.270 e. The Kier molecular flexibility index (Phi) is 3.85. The molecule has 14 heavy (non-hydrogen) atoms. The summed E-state index contributed by atoms with van der Waals surface area (Å²) in [5, 5.41) is 0. The average Bonchev–Trinajstić information content (AvgIpc) is 2.18. The Labute approximate surface area is 81.3 Å². The number of hydrogen-bond donors (Lipinski definition) is 0. The van der Waals surface area contributed by atoms with Crippen molar-refractivity contribution < 1.29 is 13.5 Å². The molecule has 1 aromatic rings. The van der Waals surface area contributed by atoms with Crippen molar-refractivity contribution in [3.63, 3.8) is 0 Å². The number of allylic oxidation sites excluding steroid dienone is 2. The molecule has 1 rings (SSSR count). The number of ether oxygens (including phenoxy) is 1. The van der Waals surface area contributed by atoms with Gasteiger partial charge in [-0.15, -0.1) is 0 Å². The van der Waals surface area contributed by atoms with Crippen molar-refractivity contribution in [1.29, 1.82) is 0 Å². The van der Waals surface area contributed by atoms with Gasteiger partial charge in [-0.1, -0.05) is 30.4 Å². The highest BCUT2D eigenvalue weighted by Gasteiger charge is 1.95. The first-order chi connectivity index (χ1) is 6.74. The molecule has 0 aliphatic carbocycles. The Morgan fingerprint density at radius 3 is 2.64 bits per heavy atom. The zero-order valence-corrected chi connectivity index (χ0v) is 7.71.